The fourth-order valence-corrected chi connectivity index (χ4v) is 1.62. The van der Waals surface area contributed by atoms with Crippen molar-refractivity contribution in [1.29, 1.82) is 0 Å². The minimum absolute atomic E-state index is 0.315. The lowest BCUT2D eigenvalue weighted by Gasteiger charge is -2.04. The van der Waals surface area contributed by atoms with Crippen LogP contribution in [0.3, 0.4) is 0 Å². The van der Waals surface area contributed by atoms with Crippen LogP contribution in [0.4, 0.5) is 0 Å². The summed E-state index contributed by atoms with van der Waals surface area (Å²) in [5.74, 6) is 1.19. The summed E-state index contributed by atoms with van der Waals surface area (Å²) in [6, 6.07) is 9.73. The third kappa shape index (κ3) is 2.57. The first kappa shape index (κ1) is 10.6. The molecule has 1 aromatic heterocycles. The molecule has 0 fully saturated rings. The number of ether oxygens (including phenoxy) is 1. The van der Waals surface area contributed by atoms with Crippen LogP contribution < -0.4 is 4.74 Å². The van der Waals surface area contributed by atoms with Gasteiger partial charge in [-0.05, 0) is 30.2 Å². The number of nitrogens with zero attached hydrogens (tertiary/aromatic N) is 1. The lowest BCUT2D eigenvalue weighted by atomic mass is 10.1. The lowest BCUT2D eigenvalue weighted by molar-refractivity contribution is 0.414. The van der Waals surface area contributed by atoms with Gasteiger partial charge < -0.3 is 14.4 Å². The molecule has 0 bridgehead atoms. The Morgan fingerprint density at radius 3 is 2.50 bits per heavy atom. The molecular formula is C13H15NO2. The Hall–Kier alpha value is -1.90. The van der Waals surface area contributed by atoms with E-state index in [0.717, 1.165) is 18.7 Å². The van der Waals surface area contributed by atoms with E-state index in [2.05, 4.69) is 12.1 Å². The van der Waals surface area contributed by atoms with Crippen LogP contribution in [-0.4, -0.2) is 16.8 Å². The standard InChI is InChI=1S/C13H15NO2/c1-16-13-4-2-11(3-5-13)6-8-14-9-7-12(15)10-14/h2-5,7,9-10,15H,6,8H2,1H3. The lowest BCUT2D eigenvalue weighted by Crippen LogP contribution is -1.98. The first-order valence-corrected chi connectivity index (χ1v) is 5.25. The molecule has 1 heterocycles. The van der Waals surface area contributed by atoms with Gasteiger partial charge in [-0.15, -0.1) is 0 Å². The van der Waals surface area contributed by atoms with Crippen molar-refractivity contribution in [3.8, 4) is 11.5 Å². The predicted molar refractivity (Wildman–Crippen MR) is 62.8 cm³/mol. The summed E-state index contributed by atoms with van der Waals surface area (Å²) in [7, 11) is 1.66. The molecule has 0 atom stereocenters. The largest absolute Gasteiger partial charge is 0.506 e. The second-order valence-corrected chi connectivity index (χ2v) is 3.71. The van der Waals surface area contributed by atoms with Crippen LogP contribution in [0.15, 0.2) is 42.7 Å². The highest BCUT2D eigenvalue weighted by molar-refractivity contribution is 5.27. The minimum atomic E-state index is 0.315. The molecule has 3 heteroatoms. The van der Waals surface area contributed by atoms with Gasteiger partial charge in [0.25, 0.3) is 0 Å². The molecule has 2 aromatic rings. The van der Waals surface area contributed by atoms with Crippen molar-refractivity contribution in [2.75, 3.05) is 7.11 Å². The van der Waals surface area contributed by atoms with Crippen molar-refractivity contribution in [1.82, 2.24) is 4.57 Å². The average Bonchev–Trinajstić information content (AvgIpc) is 2.73. The van der Waals surface area contributed by atoms with Gasteiger partial charge in [-0.25, -0.2) is 0 Å². The summed E-state index contributed by atoms with van der Waals surface area (Å²) < 4.78 is 7.07. The van der Waals surface area contributed by atoms with Crippen LogP contribution in [0, 0.1) is 0 Å². The van der Waals surface area contributed by atoms with Crippen LogP contribution in [0.2, 0.25) is 0 Å². The first-order chi connectivity index (χ1) is 7.78. The number of benzene rings is 1. The summed E-state index contributed by atoms with van der Waals surface area (Å²) in [5, 5.41) is 9.18. The van der Waals surface area contributed by atoms with Gasteiger partial charge in [0.15, 0.2) is 0 Å². The molecule has 0 saturated carbocycles. The smallest absolute Gasteiger partial charge is 0.133 e. The summed E-state index contributed by atoms with van der Waals surface area (Å²) in [6.07, 6.45) is 4.54. The van der Waals surface area contributed by atoms with E-state index in [-0.39, 0.29) is 0 Å². The summed E-state index contributed by atoms with van der Waals surface area (Å²) in [6.45, 7) is 0.868. The number of hydrogen-bond donors (Lipinski definition) is 1. The number of rotatable bonds is 4. The van der Waals surface area contributed by atoms with Gasteiger partial charge >= 0.3 is 0 Å². The van der Waals surface area contributed by atoms with Crippen LogP contribution in [-0.2, 0) is 13.0 Å². The number of aromatic nitrogens is 1. The van der Waals surface area contributed by atoms with Gasteiger partial charge in [-0.1, -0.05) is 12.1 Å². The van der Waals surface area contributed by atoms with E-state index in [1.165, 1.54) is 5.56 Å². The van der Waals surface area contributed by atoms with Gasteiger partial charge in [0, 0.05) is 18.9 Å². The molecule has 3 nitrogen and oxygen atoms in total. The second-order valence-electron chi connectivity index (χ2n) is 3.71. The summed E-state index contributed by atoms with van der Waals surface area (Å²) in [4.78, 5) is 0. The molecular weight excluding hydrogens is 202 g/mol. The Morgan fingerprint density at radius 2 is 1.94 bits per heavy atom. The maximum absolute atomic E-state index is 9.18. The molecule has 0 unspecified atom stereocenters. The van der Waals surface area contributed by atoms with Crippen molar-refractivity contribution in [2.45, 2.75) is 13.0 Å². The average molecular weight is 217 g/mol. The number of methoxy groups -OCH3 is 1. The molecule has 0 aliphatic carbocycles. The van der Waals surface area contributed by atoms with Crippen molar-refractivity contribution in [3.63, 3.8) is 0 Å². The molecule has 0 amide bonds. The van der Waals surface area contributed by atoms with Gasteiger partial charge in [0.2, 0.25) is 0 Å². The van der Waals surface area contributed by atoms with E-state index in [4.69, 9.17) is 4.74 Å². The normalized spacial score (nSPS) is 10.3. The molecule has 0 radical (unpaired) electrons. The fraction of sp³-hybridized carbons (Fsp3) is 0.231. The zero-order chi connectivity index (χ0) is 11.4. The quantitative estimate of drug-likeness (QED) is 0.853. The Kier molecular flexibility index (Phi) is 3.15. The van der Waals surface area contributed by atoms with Crippen LogP contribution >= 0.6 is 0 Å². The Morgan fingerprint density at radius 1 is 1.19 bits per heavy atom. The summed E-state index contributed by atoms with van der Waals surface area (Å²) >= 11 is 0. The minimum Gasteiger partial charge on any atom is -0.506 e. The third-order valence-corrected chi connectivity index (χ3v) is 2.55. The Labute approximate surface area is 94.9 Å². The fourth-order valence-electron chi connectivity index (χ4n) is 1.62. The van der Waals surface area contributed by atoms with E-state index in [0.29, 0.717) is 5.75 Å². The Balaban J connectivity index is 1.94. The highest BCUT2D eigenvalue weighted by atomic mass is 16.5. The summed E-state index contributed by atoms with van der Waals surface area (Å²) in [5.41, 5.74) is 1.26. The third-order valence-electron chi connectivity index (χ3n) is 2.55. The van der Waals surface area contributed by atoms with Crippen molar-refractivity contribution >= 4 is 0 Å². The number of aromatic hydroxyl groups is 1. The maximum Gasteiger partial charge on any atom is 0.133 e. The second kappa shape index (κ2) is 4.75. The molecule has 2 rings (SSSR count). The van der Waals surface area contributed by atoms with E-state index >= 15 is 0 Å². The van der Waals surface area contributed by atoms with Crippen LogP contribution in [0.1, 0.15) is 5.56 Å². The van der Waals surface area contributed by atoms with E-state index < -0.39 is 0 Å². The number of hydrogen-bond acceptors (Lipinski definition) is 2. The molecule has 0 aliphatic rings. The predicted octanol–water partition coefficient (Wildman–Crippen LogP) is 2.45. The SMILES string of the molecule is COc1ccc(CCn2ccc(O)c2)cc1. The highest BCUT2D eigenvalue weighted by Crippen LogP contribution is 2.13. The van der Waals surface area contributed by atoms with Gasteiger partial charge in [-0.2, -0.15) is 0 Å². The van der Waals surface area contributed by atoms with Crippen LogP contribution in [0.25, 0.3) is 0 Å². The van der Waals surface area contributed by atoms with Crippen molar-refractivity contribution in [3.05, 3.63) is 48.3 Å². The Bertz CT molecular complexity index is 445. The molecule has 0 spiro atoms. The van der Waals surface area contributed by atoms with Gasteiger partial charge in [0.05, 0.1) is 7.11 Å². The van der Waals surface area contributed by atoms with Gasteiger partial charge in [0.1, 0.15) is 11.5 Å². The molecule has 16 heavy (non-hydrogen) atoms. The van der Waals surface area contributed by atoms with E-state index in [1.807, 2.05) is 22.9 Å². The molecule has 84 valence electrons. The zero-order valence-electron chi connectivity index (χ0n) is 9.26. The molecule has 0 aliphatic heterocycles. The highest BCUT2D eigenvalue weighted by Gasteiger charge is 1.97. The van der Waals surface area contributed by atoms with Crippen molar-refractivity contribution in [2.24, 2.45) is 0 Å². The topological polar surface area (TPSA) is 34.4 Å². The monoisotopic (exact) mass is 217 g/mol. The van der Waals surface area contributed by atoms with Crippen molar-refractivity contribution < 1.29 is 9.84 Å². The number of aryl methyl sites for hydroxylation is 2. The molecule has 1 N–H and O–H groups in total. The molecule has 1 aromatic carbocycles. The van der Waals surface area contributed by atoms with Crippen LogP contribution in [0.5, 0.6) is 11.5 Å². The van der Waals surface area contributed by atoms with E-state index in [1.54, 1.807) is 19.4 Å². The van der Waals surface area contributed by atoms with E-state index in [9.17, 15) is 5.11 Å². The zero-order valence-corrected chi connectivity index (χ0v) is 9.26. The maximum atomic E-state index is 9.18. The first-order valence-electron chi connectivity index (χ1n) is 5.25. The van der Waals surface area contributed by atoms with Gasteiger partial charge in [-0.3, -0.25) is 0 Å². The molecule has 0 saturated heterocycles.